The summed E-state index contributed by atoms with van der Waals surface area (Å²) in [6.45, 7) is 0.138. The summed E-state index contributed by atoms with van der Waals surface area (Å²) in [6, 6.07) is 8.38. The smallest absolute Gasteiger partial charge is 0.323 e. The molecule has 2 N–H and O–H groups in total. The minimum absolute atomic E-state index is 0.00303. The Kier molecular flexibility index (Phi) is 3.90. The van der Waals surface area contributed by atoms with Crippen LogP contribution in [-0.2, 0) is 0 Å². The number of halogens is 1. The molecule has 0 saturated heterocycles. The van der Waals surface area contributed by atoms with Crippen molar-refractivity contribution >= 4 is 34.7 Å². The zero-order valence-electron chi connectivity index (χ0n) is 11.5. The van der Waals surface area contributed by atoms with E-state index in [0.717, 1.165) is 0 Å². The Morgan fingerprint density at radius 2 is 1.74 bits per heavy atom. The molecule has 1 heterocycles. The van der Waals surface area contributed by atoms with Gasteiger partial charge in [-0.05, 0) is 24.3 Å². The van der Waals surface area contributed by atoms with E-state index < -0.39 is 11.0 Å². The Balaban J connectivity index is 1.70. The number of nitrogens with one attached hydrogen (secondary N) is 2. The summed E-state index contributed by atoms with van der Waals surface area (Å²) >= 11 is 5.72. The molecule has 0 aliphatic carbocycles. The molecule has 0 radical (unpaired) electrons. The molecule has 2 aromatic rings. The van der Waals surface area contributed by atoms with E-state index in [2.05, 4.69) is 10.6 Å². The van der Waals surface area contributed by atoms with Crippen LogP contribution in [0.4, 0.5) is 21.9 Å². The SMILES string of the molecule is O=C(Nc1ccc2c(c1)OCO2)Nc1ccc(Cl)c([N+](=O)[O-])c1. The van der Waals surface area contributed by atoms with Crippen molar-refractivity contribution in [1.29, 1.82) is 0 Å². The number of carbonyl (C=O) groups excluding carboxylic acids is 1. The number of benzene rings is 2. The molecule has 0 fully saturated rings. The van der Waals surface area contributed by atoms with Gasteiger partial charge in [0.1, 0.15) is 5.02 Å². The minimum atomic E-state index is -0.622. The predicted molar refractivity (Wildman–Crippen MR) is 83.3 cm³/mol. The summed E-state index contributed by atoms with van der Waals surface area (Å²) < 4.78 is 10.4. The summed E-state index contributed by atoms with van der Waals surface area (Å²) in [4.78, 5) is 22.2. The van der Waals surface area contributed by atoms with Crippen molar-refractivity contribution in [3.63, 3.8) is 0 Å². The third kappa shape index (κ3) is 3.27. The normalized spacial score (nSPS) is 11.9. The number of hydrogen-bond donors (Lipinski definition) is 2. The van der Waals surface area contributed by atoms with E-state index in [1.54, 1.807) is 18.2 Å². The topological polar surface area (TPSA) is 103 Å². The number of urea groups is 1. The molecular formula is C14H10ClN3O5. The molecule has 1 aliphatic heterocycles. The predicted octanol–water partition coefficient (Wildman–Crippen LogP) is 3.62. The molecule has 23 heavy (non-hydrogen) atoms. The first-order chi connectivity index (χ1) is 11.0. The van der Waals surface area contributed by atoms with E-state index in [0.29, 0.717) is 17.2 Å². The zero-order chi connectivity index (χ0) is 16.4. The number of fused-ring (bicyclic) bond motifs is 1. The van der Waals surface area contributed by atoms with E-state index in [9.17, 15) is 14.9 Å². The van der Waals surface area contributed by atoms with Gasteiger partial charge >= 0.3 is 6.03 Å². The van der Waals surface area contributed by atoms with Crippen molar-refractivity contribution < 1.29 is 19.2 Å². The van der Waals surface area contributed by atoms with Gasteiger partial charge in [-0.2, -0.15) is 0 Å². The van der Waals surface area contributed by atoms with Crippen LogP contribution in [-0.4, -0.2) is 17.7 Å². The van der Waals surface area contributed by atoms with Gasteiger partial charge in [-0.1, -0.05) is 11.6 Å². The van der Waals surface area contributed by atoms with Crippen LogP contribution in [0.1, 0.15) is 0 Å². The molecule has 0 aromatic heterocycles. The Bertz CT molecular complexity index is 796. The molecule has 0 bridgehead atoms. The number of amides is 2. The van der Waals surface area contributed by atoms with Gasteiger partial charge in [0.25, 0.3) is 5.69 Å². The van der Waals surface area contributed by atoms with E-state index in [1.165, 1.54) is 18.2 Å². The summed E-state index contributed by atoms with van der Waals surface area (Å²) in [5, 5.41) is 15.9. The van der Waals surface area contributed by atoms with E-state index in [-0.39, 0.29) is 23.2 Å². The van der Waals surface area contributed by atoms with Gasteiger partial charge in [0.15, 0.2) is 11.5 Å². The molecule has 0 spiro atoms. The third-order valence-corrected chi connectivity index (χ3v) is 3.35. The number of nitro groups is 1. The minimum Gasteiger partial charge on any atom is -0.454 e. The van der Waals surface area contributed by atoms with Crippen LogP contribution in [0.15, 0.2) is 36.4 Å². The lowest BCUT2D eigenvalue weighted by Gasteiger charge is -2.08. The van der Waals surface area contributed by atoms with Gasteiger partial charge < -0.3 is 20.1 Å². The Morgan fingerprint density at radius 3 is 2.48 bits per heavy atom. The van der Waals surface area contributed by atoms with Crippen LogP contribution in [0.3, 0.4) is 0 Å². The monoisotopic (exact) mass is 335 g/mol. The molecule has 0 saturated carbocycles. The average molecular weight is 336 g/mol. The van der Waals surface area contributed by atoms with Crippen molar-refractivity contribution in [3.8, 4) is 11.5 Å². The second kappa shape index (κ2) is 6.01. The second-order valence-corrected chi connectivity index (χ2v) is 4.98. The maximum atomic E-state index is 12.0. The van der Waals surface area contributed by atoms with Crippen molar-refractivity contribution in [1.82, 2.24) is 0 Å². The number of nitrogens with zero attached hydrogens (tertiary/aromatic N) is 1. The molecule has 118 valence electrons. The Morgan fingerprint density at radius 1 is 1.09 bits per heavy atom. The van der Waals surface area contributed by atoms with E-state index in [1.807, 2.05) is 0 Å². The quantitative estimate of drug-likeness (QED) is 0.658. The Labute approximate surface area is 135 Å². The lowest BCUT2D eigenvalue weighted by atomic mass is 10.2. The lowest BCUT2D eigenvalue weighted by molar-refractivity contribution is -0.384. The first kappa shape index (κ1) is 14.9. The summed E-state index contributed by atoms with van der Waals surface area (Å²) in [5.74, 6) is 1.13. The summed E-state index contributed by atoms with van der Waals surface area (Å²) in [6.07, 6.45) is 0. The molecular weight excluding hydrogens is 326 g/mol. The van der Waals surface area contributed by atoms with Crippen molar-refractivity contribution in [2.45, 2.75) is 0 Å². The molecule has 8 nitrogen and oxygen atoms in total. The first-order valence-corrected chi connectivity index (χ1v) is 6.82. The second-order valence-electron chi connectivity index (χ2n) is 4.57. The number of ether oxygens (including phenoxy) is 2. The van der Waals surface area contributed by atoms with Crippen molar-refractivity contribution in [2.75, 3.05) is 17.4 Å². The molecule has 0 atom stereocenters. The molecule has 9 heteroatoms. The number of rotatable bonds is 3. The molecule has 0 unspecified atom stereocenters. The summed E-state index contributed by atoms with van der Waals surface area (Å²) in [7, 11) is 0. The van der Waals surface area contributed by atoms with Crippen LogP contribution >= 0.6 is 11.6 Å². The number of nitro benzene ring substituents is 1. The van der Waals surface area contributed by atoms with E-state index in [4.69, 9.17) is 21.1 Å². The van der Waals surface area contributed by atoms with Gasteiger partial charge in [-0.15, -0.1) is 0 Å². The number of anilines is 2. The Hall–Kier alpha value is -3.00. The highest BCUT2D eigenvalue weighted by Crippen LogP contribution is 2.34. The number of carbonyl (C=O) groups is 1. The fourth-order valence-electron chi connectivity index (χ4n) is 2.00. The fraction of sp³-hybridized carbons (Fsp3) is 0.0714. The van der Waals surface area contributed by atoms with Crippen LogP contribution in [0, 0.1) is 10.1 Å². The van der Waals surface area contributed by atoms with Gasteiger partial charge in [0, 0.05) is 23.5 Å². The maximum absolute atomic E-state index is 12.0. The average Bonchev–Trinajstić information content (AvgIpc) is 2.96. The van der Waals surface area contributed by atoms with Gasteiger partial charge in [-0.25, -0.2) is 4.79 Å². The molecule has 3 rings (SSSR count). The summed E-state index contributed by atoms with van der Waals surface area (Å²) in [5.41, 5.74) is 0.460. The standard InChI is InChI=1S/C14H10ClN3O5/c15-10-3-1-8(5-11(10)18(20)21)16-14(19)17-9-2-4-12-13(6-9)23-7-22-12/h1-6H,7H2,(H2,16,17,19). The van der Waals surface area contributed by atoms with E-state index >= 15 is 0 Å². The van der Waals surface area contributed by atoms with Crippen LogP contribution in [0.5, 0.6) is 11.5 Å². The van der Waals surface area contributed by atoms with Crippen LogP contribution in [0.2, 0.25) is 5.02 Å². The highest BCUT2D eigenvalue weighted by Gasteiger charge is 2.16. The third-order valence-electron chi connectivity index (χ3n) is 3.03. The highest BCUT2D eigenvalue weighted by atomic mass is 35.5. The highest BCUT2D eigenvalue weighted by molar-refractivity contribution is 6.32. The first-order valence-electron chi connectivity index (χ1n) is 6.44. The molecule has 2 amide bonds. The largest absolute Gasteiger partial charge is 0.454 e. The molecule has 1 aliphatic rings. The zero-order valence-corrected chi connectivity index (χ0v) is 12.3. The van der Waals surface area contributed by atoms with Gasteiger partial charge in [-0.3, -0.25) is 10.1 Å². The van der Waals surface area contributed by atoms with Crippen molar-refractivity contribution in [2.24, 2.45) is 0 Å². The van der Waals surface area contributed by atoms with Crippen molar-refractivity contribution in [3.05, 3.63) is 51.5 Å². The fourth-order valence-corrected chi connectivity index (χ4v) is 2.18. The number of hydrogen-bond acceptors (Lipinski definition) is 5. The molecule has 2 aromatic carbocycles. The maximum Gasteiger partial charge on any atom is 0.323 e. The van der Waals surface area contributed by atoms with Crippen LogP contribution < -0.4 is 20.1 Å². The van der Waals surface area contributed by atoms with Gasteiger partial charge in [0.05, 0.1) is 4.92 Å². The van der Waals surface area contributed by atoms with Gasteiger partial charge in [0.2, 0.25) is 6.79 Å². The lowest BCUT2D eigenvalue weighted by Crippen LogP contribution is -2.19. The van der Waals surface area contributed by atoms with Crippen LogP contribution in [0.25, 0.3) is 0 Å².